The van der Waals surface area contributed by atoms with Crippen molar-refractivity contribution in [3.05, 3.63) is 11.5 Å². The number of nitrogens with two attached hydrogens (primary N) is 1. The average Bonchev–Trinajstić information content (AvgIpc) is 2.62. The average molecular weight is 208 g/mol. The third-order valence-electron chi connectivity index (χ3n) is 2.66. The van der Waals surface area contributed by atoms with E-state index in [-0.39, 0.29) is 5.84 Å². The van der Waals surface area contributed by atoms with Crippen molar-refractivity contribution in [2.75, 3.05) is 18.0 Å². The Hall–Kier alpha value is -1.52. The van der Waals surface area contributed by atoms with Crippen molar-refractivity contribution in [1.29, 1.82) is 5.41 Å². The maximum Gasteiger partial charge on any atom is 0.298 e. The molecule has 1 aromatic heterocycles. The minimum atomic E-state index is -0.0525. The van der Waals surface area contributed by atoms with E-state index in [4.69, 9.17) is 15.6 Å². The van der Waals surface area contributed by atoms with Gasteiger partial charge in [0.15, 0.2) is 11.6 Å². The summed E-state index contributed by atoms with van der Waals surface area (Å²) in [6, 6.07) is 0.609. The number of nitrogen functional groups attached to an aromatic ring is 1. The van der Waals surface area contributed by atoms with Crippen molar-refractivity contribution in [1.82, 2.24) is 4.98 Å². The topological polar surface area (TPSA) is 79.1 Å². The Kier molecular flexibility index (Phi) is 2.62. The number of nitrogens with one attached hydrogen (secondary N) is 1. The van der Waals surface area contributed by atoms with Crippen LogP contribution in [-0.2, 0) is 0 Å². The Morgan fingerprint density at radius 2 is 2.07 bits per heavy atom. The van der Waals surface area contributed by atoms with Crippen LogP contribution in [0.15, 0.2) is 4.42 Å². The van der Waals surface area contributed by atoms with E-state index in [0.29, 0.717) is 17.5 Å². The number of hydrogen-bond acceptors (Lipinski definition) is 4. The zero-order valence-electron chi connectivity index (χ0n) is 8.92. The summed E-state index contributed by atoms with van der Waals surface area (Å²) in [5.41, 5.74) is 6.09. The van der Waals surface area contributed by atoms with Gasteiger partial charge in [0.25, 0.3) is 6.01 Å². The molecule has 0 radical (unpaired) electrons. The lowest BCUT2D eigenvalue weighted by Crippen LogP contribution is -2.29. The van der Waals surface area contributed by atoms with Crippen LogP contribution in [0.5, 0.6) is 0 Å². The van der Waals surface area contributed by atoms with Crippen molar-refractivity contribution in [3.63, 3.8) is 0 Å². The number of hydrogen-bond donors (Lipinski definition) is 2. The molecule has 0 unspecified atom stereocenters. The van der Waals surface area contributed by atoms with Gasteiger partial charge in [-0.15, -0.1) is 0 Å². The monoisotopic (exact) mass is 208 g/mol. The summed E-state index contributed by atoms with van der Waals surface area (Å²) in [6.45, 7) is 3.78. The van der Waals surface area contributed by atoms with Gasteiger partial charge in [0, 0.05) is 13.1 Å². The highest BCUT2D eigenvalue weighted by Crippen LogP contribution is 2.21. The van der Waals surface area contributed by atoms with Gasteiger partial charge in [-0.3, -0.25) is 5.41 Å². The zero-order chi connectivity index (χ0) is 10.8. The summed E-state index contributed by atoms with van der Waals surface area (Å²) < 4.78 is 5.48. The van der Waals surface area contributed by atoms with E-state index in [9.17, 15) is 0 Å². The predicted octanol–water partition coefficient (Wildman–Crippen LogP) is 1.26. The van der Waals surface area contributed by atoms with E-state index in [2.05, 4.69) is 9.88 Å². The summed E-state index contributed by atoms with van der Waals surface area (Å²) in [7, 11) is 0. The van der Waals surface area contributed by atoms with Crippen molar-refractivity contribution in [2.24, 2.45) is 5.73 Å². The summed E-state index contributed by atoms with van der Waals surface area (Å²) in [4.78, 5) is 6.41. The van der Waals surface area contributed by atoms with Gasteiger partial charge in [0.1, 0.15) is 0 Å². The molecule has 3 N–H and O–H groups in total. The van der Waals surface area contributed by atoms with Gasteiger partial charge in [-0.05, 0) is 26.2 Å². The van der Waals surface area contributed by atoms with Crippen LogP contribution in [0.25, 0.3) is 0 Å². The maximum atomic E-state index is 7.33. The van der Waals surface area contributed by atoms with Crippen molar-refractivity contribution in [2.45, 2.75) is 26.2 Å². The van der Waals surface area contributed by atoms with Crippen LogP contribution in [0, 0.1) is 12.3 Å². The standard InChI is InChI=1S/C10H16N4O/c1-7-8(9(11)12)15-10(13-7)14-5-3-2-4-6-14/h2-6H2,1H3,(H3,11,12). The van der Waals surface area contributed by atoms with E-state index >= 15 is 0 Å². The lowest BCUT2D eigenvalue weighted by molar-refractivity contribution is 0.487. The Morgan fingerprint density at radius 1 is 1.40 bits per heavy atom. The highest BCUT2D eigenvalue weighted by molar-refractivity contribution is 5.93. The molecular formula is C10H16N4O. The first-order valence-electron chi connectivity index (χ1n) is 5.25. The normalized spacial score (nSPS) is 16.7. The molecule has 0 aromatic carbocycles. The molecule has 5 nitrogen and oxygen atoms in total. The summed E-state index contributed by atoms with van der Waals surface area (Å²) in [5.74, 6) is 0.346. The van der Waals surface area contributed by atoms with Gasteiger partial charge in [-0.25, -0.2) is 0 Å². The van der Waals surface area contributed by atoms with Crippen LogP contribution in [0.4, 0.5) is 6.01 Å². The number of nitrogens with zero attached hydrogens (tertiary/aromatic N) is 2. The molecule has 2 rings (SSSR count). The highest BCUT2D eigenvalue weighted by atomic mass is 16.4. The first kappa shape index (κ1) is 10.0. The smallest absolute Gasteiger partial charge is 0.298 e. The molecule has 1 aliphatic heterocycles. The Bertz CT molecular complexity index is 365. The minimum absolute atomic E-state index is 0.0525. The molecule has 1 saturated heterocycles. The van der Waals surface area contributed by atoms with Crippen molar-refractivity contribution < 1.29 is 4.42 Å². The fourth-order valence-corrected chi connectivity index (χ4v) is 1.85. The molecule has 2 heterocycles. The van der Waals surface area contributed by atoms with E-state index in [1.54, 1.807) is 0 Å². The summed E-state index contributed by atoms with van der Waals surface area (Å²) in [6.07, 6.45) is 3.63. The first-order valence-corrected chi connectivity index (χ1v) is 5.25. The van der Waals surface area contributed by atoms with Crippen LogP contribution in [-0.4, -0.2) is 23.9 Å². The number of amidine groups is 1. The van der Waals surface area contributed by atoms with Gasteiger partial charge in [-0.1, -0.05) is 0 Å². The van der Waals surface area contributed by atoms with E-state index in [0.717, 1.165) is 13.1 Å². The molecule has 0 spiro atoms. The molecular weight excluding hydrogens is 192 g/mol. The Labute approximate surface area is 88.8 Å². The predicted molar refractivity (Wildman–Crippen MR) is 58.3 cm³/mol. The molecule has 82 valence electrons. The summed E-state index contributed by atoms with van der Waals surface area (Å²) >= 11 is 0. The second kappa shape index (κ2) is 3.92. The fourth-order valence-electron chi connectivity index (χ4n) is 1.85. The number of anilines is 1. The van der Waals surface area contributed by atoms with Crippen molar-refractivity contribution in [3.8, 4) is 0 Å². The first-order chi connectivity index (χ1) is 7.18. The molecule has 1 aromatic rings. The minimum Gasteiger partial charge on any atom is -0.420 e. The molecule has 0 aliphatic carbocycles. The number of aryl methyl sites for hydroxylation is 1. The second-order valence-electron chi connectivity index (χ2n) is 3.87. The molecule has 0 amide bonds. The largest absolute Gasteiger partial charge is 0.420 e. The zero-order valence-corrected chi connectivity index (χ0v) is 8.92. The Balaban J connectivity index is 2.21. The summed E-state index contributed by atoms with van der Waals surface area (Å²) in [5, 5.41) is 7.33. The van der Waals surface area contributed by atoms with Gasteiger partial charge in [-0.2, -0.15) is 4.98 Å². The van der Waals surface area contributed by atoms with Gasteiger partial charge < -0.3 is 15.1 Å². The molecule has 15 heavy (non-hydrogen) atoms. The maximum absolute atomic E-state index is 7.33. The highest BCUT2D eigenvalue weighted by Gasteiger charge is 2.19. The molecule has 1 aliphatic rings. The van der Waals surface area contributed by atoms with E-state index < -0.39 is 0 Å². The van der Waals surface area contributed by atoms with Gasteiger partial charge in [0.05, 0.1) is 5.69 Å². The number of oxazole rings is 1. The second-order valence-corrected chi connectivity index (χ2v) is 3.87. The van der Waals surface area contributed by atoms with Gasteiger partial charge in [0.2, 0.25) is 0 Å². The molecule has 0 bridgehead atoms. The fraction of sp³-hybridized carbons (Fsp3) is 0.600. The number of piperidine rings is 1. The molecule has 0 saturated carbocycles. The van der Waals surface area contributed by atoms with Crippen LogP contribution < -0.4 is 10.6 Å². The van der Waals surface area contributed by atoms with Crippen LogP contribution >= 0.6 is 0 Å². The third-order valence-corrected chi connectivity index (χ3v) is 2.66. The van der Waals surface area contributed by atoms with Gasteiger partial charge >= 0.3 is 0 Å². The van der Waals surface area contributed by atoms with Crippen LogP contribution in [0.3, 0.4) is 0 Å². The Morgan fingerprint density at radius 3 is 2.60 bits per heavy atom. The van der Waals surface area contributed by atoms with Crippen LogP contribution in [0.1, 0.15) is 30.7 Å². The van der Waals surface area contributed by atoms with Crippen molar-refractivity contribution >= 4 is 11.9 Å². The van der Waals surface area contributed by atoms with Crippen LogP contribution in [0.2, 0.25) is 0 Å². The molecule has 0 atom stereocenters. The quantitative estimate of drug-likeness (QED) is 0.566. The number of aromatic nitrogens is 1. The third kappa shape index (κ3) is 1.95. The number of rotatable bonds is 2. The lowest BCUT2D eigenvalue weighted by Gasteiger charge is -2.24. The lowest BCUT2D eigenvalue weighted by atomic mass is 10.1. The molecule has 1 fully saturated rings. The molecule has 5 heteroatoms. The van der Waals surface area contributed by atoms with E-state index in [1.807, 2.05) is 6.92 Å². The SMILES string of the molecule is Cc1nc(N2CCCCC2)oc1C(=N)N. The van der Waals surface area contributed by atoms with E-state index in [1.165, 1.54) is 19.3 Å².